The summed E-state index contributed by atoms with van der Waals surface area (Å²) in [6.45, 7) is 3.01. The van der Waals surface area contributed by atoms with Crippen LogP contribution >= 0.6 is 0 Å². The Morgan fingerprint density at radius 3 is 2.33 bits per heavy atom. The smallest absolute Gasteiger partial charge is 0.238 e. The van der Waals surface area contributed by atoms with Crippen LogP contribution < -0.4 is 10.5 Å². The van der Waals surface area contributed by atoms with Gasteiger partial charge < -0.3 is 5.32 Å². The quantitative estimate of drug-likeness (QED) is 0.801. The molecule has 1 amide bonds. The lowest BCUT2D eigenvalue weighted by Crippen LogP contribution is -2.29. The summed E-state index contributed by atoms with van der Waals surface area (Å²) >= 11 is 0. The van der Waals surface area contributed by atoms with E-state index in [1.807, 2.05) is 18.9 Å². The molecule has 0 heterocycles. The molecule has 7 heteroatoms. The largest absolute Gasteiger partial charge is 0.325 e. The number of primary sulfonamides is 1. The molecule has 100 valence electrons. The van der Waals surface area contributed by atoms with Gasteiger partial charge in [0.25, 0.3) is 0 Å². The van der Waals surface area contributed by atoms with Gasteiger partial charge in [0, 0.05) is 5.69 Å². The number of anilines is 1. The van der Waals surface area contributed by atoms with Crippen LogP contribution in [0.25, 0.3) is 0 Å². The van der Waals surface area contributed by atoms with Gasteiger partial charge in [-0.3, -0.25) is 9.69 Å². The van der Waals surface area contributed by atoms with E-state index in [1.54, 1.807) is 0 Å². The van der Waals surface area contributed by atoms with Crippen molar-refractivity contribution in [2.45, 2.75) is 11.8 Å². The van der Waals surface area contributed by atoms with E-state index in [9.17, 15) is 13.2 Å². The summed E-state index contributed by atoms with van der Waals surface area (Å²) in [6.07, 6.45) is 0. The van der Waals surface area contributed by atoms with Gasteiger partial charge in [-0.05, 0) is 37.9 Å². The SMILES string of the molecule is CCN(C)CC(=O)Nc1ccc(S(N)(=O)=O)cc1. The molecule has 0 atom stereocenters. The highest BCUT2D eigenvalue weighted by atomic mass is 32.2. The van der Waals surface area contributed by atoms with Crippen LogP contribution in [0.2, 0.25) is 0 Å². The number of hydrogen-bond acceptors (Lipinski definition) is 4. The van der Waals surface area contributed by atoms with Gasteiger partial charge >= 0.3 is 0 Å². The highest BCUT2D eigenvalue weighted by molar-refractivity contribution is 7.89. The van der Waals surface area contributed by atoms with Crippen molar-refractivity contribution in [2.24, 2.45) is 5.14 Å². The zero-order valence-electron chi connectivity index (χ0n) is 10.4. The fourth-order valence-corrected chi connectivity index (χ4v) is 1.80. The van der Waals surface area contributed by atoms with Crippen LogP contribution in [0.3, 0.4) is 0 Å². The van der Waals surface area contributed by atoms with Gasteiger partial charge in [0.2, 0.25) is 15.9 Å². The van der Waals surface area contributed by atoms with Crippen LogP contribution in [0.15, 0.2) is 29.2 Å². The Morgan fingerprint density at radius 2 is 1.89 bits per heavy atom. The number of likely N-dealkylation sites (N-methyl/N-ethyl adjacent to an activating group) is 1. The lowest BCUT2D eigenvalue weighted by Gasteiger charge is -2.13. The number of benzene rings is 1. The Morgan fingerprint density at radius 1 is 1.33 bits per heavy atom. The van der Waals surface area contributed by atoms with Gasteiger partial charge in [-0.25, -0.2) is 13.6 Å². The normalized spacial score (nSPS) is 11.6. The maximum Gasteiger partial charge on any atom is 0.238 e. The topological polar surface area (TPSA) is 92.5 Å². The third kappa shape index (κ3) is 4.44. The molecule has 0 aliphatic rings. The number of nitrogens with two attached hydrogens (primary N) is 1. The van der Waals surface area contributed by atoms with Crippen LogP contribution in [0.4, 0.5) is 5.69 Å². The predicted octanol–water partition coefficient (Wildman–Crippen LogP) is 0.224. The first-order valence-electron chi connectivity index (χ1n) is 5.44. The number of rotatable bonds is 5. The molecule has 1 aromatic carbocycles. The van der Waals surface area contributed by atoms with Crippen LogP contribution in [0.1, 0.15) is 6.92 Å². The molecule has 0 spiro atoms. The first-order valence-corrected chi connectivity index (χ1v) is 6.99. The Kier molecular flexibility index (Phi) is 4.83. The van der Waals surface area contributed by atoms with E-state index in [0.717, 1.165) is 6.54 Å². The number of nitrogens with one attached hydrogen (secondary N) is 1. The molecule has 18 heavy (non-hydrogen) atoms. The second-order valence-corrected chi connectivity index (χ2v) is 5.51. The van der Waals surface area contributed by atoms with Crippen molar-refractivity contribution in [3.05, 3.63) is 24.3 Å². The lowest BCUT2D eigenvalue weighted by atomic mass is 10.3. The van der Waals surface area contributed by atoms with Gasteiger partial charge in [0.05, 0.1) is 11.4 Å². The summed E-state index contributed by atoms with van der Waals surface area (Å²) in [7, 11) is -1.85. The second kappa shape index (κ2) is 5.94. The van der Waals surface area contributed by atoms with E-state index in [1.165, 1.54) is 24.3 Å². The van der Waals surface area contributed by atoms with Crippen LogP contribution in [0, 0.1) is 0 Å². The summed E-state index contributed by atoms with van der Waals surface area (Å²) in [5.41, 5.74) is 0.539. The summed E-state index contributed by atoms with van der Waals surface area (Å²) in [4.78, 5) is 13.4. The molecule has 0 fully saturated rings. The Bertz CT molecular complexity index is 511. The standard InChI is InChI=1S/C11H17N3O3S/c1-3-14(2)8-11(15)13-9-4-6-10(7-5-9)18(12,16)17/h4-7H,3,8H2,1-2H3,(H,13,15)(H2,12,16,17). The molecule has 0 aromatic heterocycles. The van der Waals surface area contributed by atoms with E-state index in [-0.39, 0.29) is 17.3 Å². The third-order valence-electron chi connectivity index (χ3n) is 2.42. The molecule has 3 N–H and O–H groups in total. The van der Waals surface area contributed by atoms with Crippen LogP contribution in [0.5, 0.6) is 0 Å². The van der Waals surface area contributed by atoms with Crippen molar-refractivity contribution >= 4 is 21.6 Å². The molecule has 0 saturated carbocycles. The highest BCUT2D eigenvalue weighted by Crippen LogP contribution is 2.12. The van der Waals surface area contributed by atoms with Crippen LogP contribution in [-0.4, -0.2) is 39.4 Å². The molecular weight excluding hydrogens is 254 g/mol. The first-order chi connectivity index (χ1) is 8.32. The van der Waals surface area contributed by atoms with Crippen molar-refractivity contribution in [3.63, 3.8) is 0 Å². The van der Waals surface area contributed by atoms with Gasteiger partial charge in [-0.15, -0.1) is 0 Å². The molecular formula is C11H17N3O3S. The number of carbonyl (C=O) groups is 1. The van der Waals surface area contributed by atoms with Crippen molar-refractivity contribution < 1.29 is 13.2 Å². The van der Waals surface area contributed by atoms with Gasteiger partial charge in [-0.2, -0.15) is 0 Å². The van der Waals surface area contributed by atoms with Gasteiger partial charge in [0.1, 0.15) is 0 Å². The zero-order valence-corrected chi connectivity index (χ0v) is 11.2. The minimum absolute atomic E-state index is 0.0196. The van der Waals surface area contributed by atoms with E-state index in [4.69, 9.17) is 5.14 Å². The van der Waals surface area contributed by atoms with Gasteiger partial charge in [-0.1, -0.05) is 6.92 Å². The average molecular weight is 271 g/mol. The minimum atomic E-state index is -3.69. The van der Waals surface area contributed by atoms with Crippen molar-refractivity contribution in [1.82, 2.24) is 4.90 Å². The summed E-state index contributed by atoms with van der Waals surface area (Å²) < 4.78 is 22.1. The summed E-state index contributed by atoms with van der Waals surface area (Å²) in [5, 5.41) is 7.64. The monoisotopic (exact) mass is 271 g/mol. The van der Waals surface area contributed by atoms with Crippen LogP contribution in [-0.2, 0) is 14.8 Å². The van der Waals surface area contributed by atoms with E-state index in [2.05, 4.69) is 5.32 Å². The van der Waals surface area contributed by atoms with E-state index < -0.39 is 10.0 Å². The van der Waals surface area contributed by atoms with Gasteiger partial charge in [0.15, 0.2) is 0 Å². The van der Waals surface area contributed by atoms with E-state index >= 15 is 0 Å². The zero-order chi connectivity index (χ0) is 13.8. The second-order valence-electron chi connectivity index (χ2n) is 3.95. The number of hydrogen-bond donors (Lipinski definition) is 2. The molecule has 0 saturated heterocycles. The molecule has 0 bridgehead atoms. The number of amides is 1. The number of sulfonamides is 1. The lowest BCUT2D eigenvalue weighted by molar-refractivity contribution is -0.117. The summed E-state index contributed by atoms with van der Waals surface area (Å²) in [5.74, 6) is -0.150. The predicted molar refractivity (Wildman–Crippen MR) is 69.6 cm³/mol. The fourth-order valence-electron chi connectivity index (χ4n) is 1.29. The third-order valence-corrected chi connectivity index (χ3v) is 3.35. The highest BCUT2D eigenvalue weighted by Gasteiger charge is 2.08. The average Bonchev–Trinajstić information content (AvgIpc) is 2.28. The minimum Gasteiger partial charge on any atom is -0.325 e. The molecule has 0 radical (unpaired) electrons. The molecule has 1 aromatic rings. The number of carbonyl (C=O) groups excluding carboxylic acids is 1. The molecule has 0 unspecified atom stereocenters. The molecule has 0 aliphatic carbocycles. The Balaban J connectivity index is 2.67. The number of nitrogens with zero attached hydrogens (tertiary/aromatic N) is 1. The van der Waals surface area contributed by atoms with Crippen molar-refractivity contribution in [3.8, 4) is 0 Å². The Hall–Kier alpha value is -1.44. The Labute approximate surface area is 107 Å². The van der Waals surface area contributed by atoms with Crippen molar-refractivity contribution in [2.75, 3.05) is 25.5 Å². The van der Waals surface area contributed by atoms with Crippen molar-refractivity contribution in [1.29, 1.82) is 0 Å². The fraction of sp³-hybridized carbons (Fsp3) is 0.364. The first kappa shape index (κ1) is 14.6. The van der Waals surface area contributed by atoms with E-state index in [0.29, 0.717) is 5.69 Å². The molecule has 6 nitrogen and oxygen atoms in total. The maximum atomic E-state index is 11.6. The maximum absolute atomic E-state index is 11.6. The molecule has 0 aliphatic heterocycles. The summed E-state index contributed by atoms with van der Waals surface area (Å²) in [6, 6.07) is 5.72. The molecule has 1 rings (SSSR count).